The molecule has 4 aromatic rings. The number of hydrogen-bond acceptors (Lipinski definition) is 16. The van der Waals surface area contributed by atoms with Gasteiger partial charge in [-0.1, -0.05) is 30.2 Å². The second-order valence-electron chi connectivity index (χ2n) is 13.6. The van der Waals surface area contributed by atoms with Crippen LogP contribution in [0.1, 0.15) is 53.3 Å². The molecule has 4 atom stereocenters. The number of nitrogens with one attached hydrogen (secondary N) is 1. The molecular formula is C40H45ClN6O12. The molecule has 314 valence electrons. The van der Waals surface area contributed by atoms with Gasteiger partial charge >= 0.3 is 23.9 Å². The molecule has 3 aromatic heterocycles. The Morgan fingerprint density at radius 2 is 1.75 bits per heavy atom. The Kier molecular flexibility index (Phi) is 14.1. The number of carbonyl (C=O) groups is 4. The summed E-state index contributed by atoms with van der Waals surface area (Å²) < 4.78 is 37.8. The van der Waals surface area contributed by atoms with Crippen LogP contribution in [0.3, 0.4) is 0 Å². The van der Waals surface area contributed by atoms with Crippen molar-refractivity contribution in [1.29, 1.82) is 0 Å². The Hall–Kier alpha value is -5.87. The third-order valence-corrected chi connectivity index (χ3v) is 9.33. The number of benzene rings is 1. The first-order chi connectivity index (χ1) is 28.1. The normalized spacial score (nSPS) is 18.9. The quantitative estimate of drug-likeness (QED) is 0.0513. The Morgan fingerprint density at radius 3 is 2.32 bits per heavy atom. The number of anilines is 1. The molecule has 1 saturated heterocycles. The molecule has 0 saturated carbocycles. The maximum Gasteiger partial charge on any atom is 0.350 e. The summed E-state index contributed by atoms with van der Waals surface area (Å²) in [5.74, 6) is -1.21. The van der Waals surface area contributed by atoms with Crippen molar-refractivity contribution in [3.63, 3.8) is 0 Å². The Labute approximate surface area is 344 Å². The second-order valence-corrected chi connectivity index (χ2v) is 14.0. The van der Waals surface area contributed by atoms with Gasteiger partial charge in [0.2, 0.25) is 17.0 Å². The van der Waals surface area contributed by atoms with Gasteiger partial charge in [-0.15, -0.1) is 6.42 Å². The molecule has 59 heavy (non-hydrogen) atoms. The summed E-state index contributed by atoms with van der Waals surface area (Å²) in [6.07, 6.45) is 4.04. The molecule has 0 unspecified atom stereocenters. The number of halogens is 1. The predicted octanol–water partition coefficient (Wildman–Crippen LogP) is 3.01. The molecule has 1 aromatic carbocycles. The standard InChI is InChI=1S/C40H45ClN6O12/c1-8-39(59-25(7)50)29(58-35(31(39)57-24(6)49)47-22-42-30-32(43-23(4)5)44-38(41)45-33(30)47)21-56-40(36(52)54-9-2,37(53)55-10-3)20-26-13-15-27(16-14-26)28-12-11-17-46(18-19-48)34(28)51/h1,11-17,22-23,29,31,35,48H,9-10,18-21H2,2-7H3,(H,43,44,45)/t29-,31+,35-,39-/m1/s1. The molecule has 0 bridgehead atoms. The first-order valence-corrected chi connectivity index (χ1v) is 19.1. The monoisotopic (exact) mass is 836 g/mol. The number of ether oxygens (including phenoxy) is 6. The minimum atomic E-state index is -2.50. The lowest BCUT2D eigenvalue weighted by Gasteiger charge is -2.35. The summed E-state index contributed by atoms with van der Waals surface area (Å²) in [4.78, 5) is 79.5. The fraction of sp³-hybridized carbons (Fsp3) is 0.450. The van der Waals surface area contributed by atoms with E-state index in [-0.39, 0.29) is 54.4 Å². The molecule has 0 amide bonds. The van der Waals surface area contributed by atoms with Gasteiger partial charge in [0.25, 0.3) is 11.2 Å². The topological polar surface area (TPSA) is 222 Å². The highest BCUT2D eigenvalue weighted by Gasteiger charge is 2.63. The van der Waals surface area contributed by atoms with E-state index in [1.807, 2.05) is 13.8 Å². The lowest BCUT2D eigenvalue weighted by Crippen LogP contribution is -2.57. The number of imidazole rings is 1. The van der Waals surface area contributed by atoms with E-state index in [1.54, 1.807) is 42.6 Å². The van der Waals surface area contributed by atoms with E-state index < -0.39 is 66.5 Å². The van der Waals surface area contributed by atoms with Crippen molar-refractivity contribution in [3.8, 4) is 23.5 Å². The van der Waals surface area contributed by atoms with Gasteiger partial charge in [0, 0.05) is 44.6 Å². The summed E-state index contributed by atoms with van der Waals surface area (Å²) in [5, 5.41) is 12.4. The number of esters is 4. The molecular weight excluding hydrogens is 792 g/mol. The van der Waals surface area contributed by atoms with Crippen LogP contribution < -0.4 is 10.9 Å². The summed E-state index contributed by atoms with van der Waals surface area (Å²) in [5.41, 5.74) is -3.40. The van der Waals surface area contributed by atoms with Crippen molar-refractivity contribution in [2.45, 2.75) is 90.2 Å². The van der Waals surface area contributed by atoms with E-state index in [9.17, 15) is 29.1 Å². The molecule has 0 spiro atoms. The highest BCUT2D eigenvalue weighted by molar-refractivity contribution is 6.28. The van der Waals surface area contributed by atoms with Crippen LogP contribution in [0.5, 0.6) is 0 Å². The average Bonchev–Trinajstić information content (AvgIpc) is 3.72. The van der Waals surface area contributed by atoms with E-state index in [2.05, 4.69) is 26.2 Å². The Bertz CT molecular complexity index is 2270. The van der Waals surface area contributed by atoms with E-state index >= 15 is 0 Å². The van der Waals surface area contributed by atoms with Crippen LogP contribution >= 0.6 is 11.6 Å². The van der Waals surface area contributed by atoms with Crippen molar-refractivity contribution in [2.75, 3.05) is 31.7 Å². The van der Waals surface area contributed by atoms with Gasteiger partial charge in [0.05, 0.1) is 32.8 Å². The molecule has 2 N–H and O–H groups in total. The number of terminal acetylenes is 1. The van der Waals surface area contributed by atoms with E-state index in [0.29, 0.717) is 22.5 Å². The molecule has 1 fully saturated rings. The van der Waals surface area contributed by atoms with Crippen LogP contribution in [0, 0.1) is 12.3 Å². The van der Waals surface area contributed by atoms with Crippen LogP contribution in [0.2, 0.25) is 5.28 Å². The van der Waals surface area contributed by atoms with Crippen LogP contribution in [0.25, 0.3) is 22.3 Å². The van der Waals surface area contributed by atoms with Gasteiger partial charge in [-0.05, 0) is 62.6 Å². The number of fused-ring (bicyclic) bond motifs is 1. The maximum absolute atomic E-state index is 14.0. The van der Waals surface area contributed by atoms with Crippen molar-refractivity contribution in [2.24, 2.45) is 0 Å². The first-order valence-electron chi connectivity index (χ1n) is 18.7. The number of aliphatic hydroxyl groups excluding tert-OH is 1. The van der Waals surface area contributed by atoms with Crippen LogP contribution in [-0.4, -0.2) is 109 Å². The maximum atomic E-state index is 14.0. The highest BCUT2D eigenvalue weighted by Crippen LogP contribution is 2.44. The largest absolute Gasteiger partial charge is 0.463 e. The van der Waals surface area contributed by atoms with Crippen molar-refractivity contribution < 1.29 is 52.7 Å². The predicted molar refractivity (Wildman–Crippen MR) is 211 cm³/mol. The minimum Gasteiger partial charge on any atom is -0.463 e. The third-order valence-electron chi connectivity index (χ3n) is 9.16. The number of carbonyl (C=O) groups excluding carboxylic acids is 4. The van der Waals surface area contributed by atoms with Gasteiger partial charge < -0.3 is 43.4 Å². The SMILES string of the molecule is C#C[C@@]1(OC(C)=O)[C@@H](COC(Cc2ccc(-c3cccn(CCO)c3=O)cc2)(C(=O)OCC)C(=O)OCC)O[C@@H](n2cnc3c(NC(C)C)nc(Cl)nc32)[C@@H]1OC(C)=O. The van der Waals surface area contributed by atoms with E-state index in [4.69, 9.17) is 46.4 Å². The van der Waals surface area contributed by atoms with Crippen LogP contribution in [-0.2, 0) is 60.6 Å². The van der Waals surface area contributed by atoms with Crippen molar-refractivity contribution in [1.82, 2.24) is 24.1 Å². The third kappa shape index (κ3) is 9.23. The second kappa shape index (κ2) is 18.8. The Balaban J connectivity index is 1.59. The summed E-state index contributed by atoms with van der Waals surface area (Å²) in [7, 11) is 0. The summed E-state index contributed by atoms with van der Waals surface area (Å²) in [6, 6.07) is 9.67. The number of aromatic nitrogens is 5. The van der Waals surface area contributed by atoms with E-state index in [1.165, 1.54) is 29.3 Å². The fourth-order valence-corrected chi connectivity index (χ4v) is 6.86. The van der Waals surface area contributed by atoms with Crippen molar-refractivity contribution >= 4 is 52.5 Å². The van der Waals surface area contributed by atoms with Gasteiger partial charge in [-0.3, -0.25) is 19.0 Å². The number of rotatable bonds is 17. The van der Waals surface area contributed by atoms with Gasteiger partial charge in [0.15, 0.2) is 23.2 Å². The van der Waals surface area contributed by atoms with E-state index in [0.717, 1.165) is 13.8 Å². The molecule has 0 radical (unpaired) electrons. The lowest BCUT2D eigenvalue weighted by atomic mass is 9.90. The number of nitrogens with zero attached hydrogens (tertiary/aromatic N) is 5. The lowest BCUT2D eigenvalue weighted by molar-refractivity contribution is -0.200. The molecule has 1 aliphatic heterocycles. The zero-order valence-corrected chi connectivity index (χ0v) is 34.1. The molecule has 19 heteroatoms. The minimum absolute atomic E-state index is 0.0818. The fourth-order valence-electron chi connectivity index (χ4n) is 6.69. The average molecular weight is 837 g/mol. The molecule has 0 aliphatic carbocycles. The molecule has 18 nitrogen and oxygen atoms in total. The number of hydrogen-bond donors (Lipinski definition) is 2. The smallest absolute Gasteiger partial charge is 0.350 e. The van der Waals surface area contributed by atoms with Crippen molar-refractivity contribution in [3.05, 3.63) is 70.1 Å². The van der Waals surface area contributed by atoms with Crippen LogP contribution in [0.15, 0.2) is 53.7 Å². The molecule has 4 heterocycles. The highest BCUT2D eigenvalue weighted by atomic mass is 35.5. The van der Waals surface area contributed by atoms with Crippen LogP contribution in [0.4, 0.5) is 5.82 Å². The molecule has 1 aliphatic rings. The number of aliphatic hydroxyl groups is 1. The number of pyridine rings is 1. The van der Waals surface area contributed by atoms with Gasteiger partial charge in [-0.2, -0.15) is 9.97 Å². The van der Waals surface area contributed by atoms with Gasteiger partial charge in [-0.25, -0.2) is 14.6 Å². The zero-order valence-electron chi connectivity index (χ0n) is 33.3. The summed E-state index contributed by atoms with van der Waals surface area (Å²) in [6.45, 7) is 7.88. The Morgan fingerprint density at radius 1 is 1.07 bits per heavy atom. The van der Waals surface area contributed by atoms with Gasteiger partial charge in [0.1, 0.15) is 6.10 Å². The summed E-state index contributed by atoms with van der Waals surface area (Å²) >= 11 is 6.32. The molecule has 5 rings (SSSR count). The zero-order chi connectivity index (χ0) is 43.1. The first kappa shape index (κ1) is 44.2.